The Kier molecular flexibility index (Phi) is 4.10. The summed E-state index contributed by atoms with van der Waals surface area (Å²) in [5, 5.41) is 8.56. The Bertz CT molecular complexity index is 272. The van der Waals surface area contributed by atoms with Crippen LogP contribution in [0.2, 0.25) is 0 Å². The average Bonchev–Trinajstić information content (AvgIpc) is 2.63. The number of likely N-dealkylation sites (N-methyl/N-ethyl adjacent to an activating group) is 1. The molecular formula is C11H18N2O2. The van der Waals surface area contributed by atoms with Gasteiger partial charge in [0.1, 0.15) is 6.10 Å². The number of amides is 1. The summed E-state index contributed by atoms with van der Waals surface area (Å²) in [5.41, 5.74) is 0. The van der Waals surface area contributed by atoms with Crippen LogP contribution in [0.3, 0.4) is 0 Å². The number of carbonyl (C=O) groups excluding carboxylic acids is 1. The maximum Gasteiger partial charge on any atom is 0.251 e. The SMILES string of the molecule is CC1CCC(C(=O)N(C)C(C)CC#N)O1. The molecule has 1 aliphatic rings. The summed E-state index contributed by atoms with van der Waals surface area (Å²) in [5.74, 6) is 0.00194. The number of hydrogen-bond donors (Lipinski definition) is 0. The summed E-state index contributed by atoms with van der Waals surface area (Å²) in [6.07, 6.45) is 1.98. The van der Waals surface area contributed by atoms with Crippen molar-refractivity contribution in [2.45, 2.75) is 51.4 Å². The molecule has 4 heteroatoms. The summed E-state index contributed by atoms with van der Waals surface area (Å²) in [4.78, 5) is 13.5. The zero-order valence-electron chi connectivity index (χ0n) is 9.56. The van der Waals surface area contributed by atoms with E-state index in [2.05, 4.69) is 6.07 Å². The number of nitriles is 1. The highest BCUT2D eigenvalue weighted by molar-refractivity contribution is 5.81. The predicted molar refractivity (Wildman–Crippen MR) is 56.0 cm³/mol. The fourth-order valence-electron chi connectivity index (χ4n) is 1.70. The molecule has 0 aromatic heterocycles. The molecule has 0 N–H and O–H groups in total. The van der Waals surface area contributed by atoms with Crippen molar-refractivity contribution >= 4 is 5.91 Å². The van der Waals surface area contributed by atoms with Crippen molar-refractivity contribution in [2.24, 2.45) is 0 Å². The van der Waals surface area contributed by atoms with Gasteiger partial charge in [0.15, 0.2) is 0 Å². The highest BCUT2D eigenvalue weighted by Crippen LogP contribution is 2.21. The minimum atomic E-state index is -0.300. The number of nitrogens with zero attached hydrogens (tertiary/aromatic N) is 2. The lowest BCUT2D eigenvalue weighted by Crippen LogP contribution is -2.41. The Morgan fingerprint density at radius 2 is 2.33 bits per heavy atom. The first kappa shape index (κ1) is 12.0. The van der Waals surface area contributed by atoms with Crippen LogP contribution in [-0.2, 0) is 9.53 Å². The van der Waals surface area contributed by atoms with Crippen LogP contribution in [0.4, 0.5) is 0 Å². The van der Waals surface area contributed by atoms with Crippen molar-refractivity contribution in [2.75, 3.05) is 7.05 Å². The van der Waals surface area contributed by atoms with E-state index < -0.39 is 0 Å². The van der Waals surface area contributed by atoms with Crippen LogP contribution < -0.4 is 0 Å². The lowest BCUT2D eigenvalue weighted by atomic mass is 10.1. The maximum atomic E-state index is 11.9. The fourth-order valence-corrected chi connectivity index (χ4v) is 1.70. The molecule has 0 aliphatic carbocycles. The highest BCUT2D eigenvalue weighted by atomic mass is 16.5. The van der Waals surface area contributed by atoms with E-state index in [1.165, 1.54) is 0 Å². The zero-order valence-corrected chi connectivity index (χ0v) is 9.56. The number of ether oxygens (including phenoxy) is 1. The molecule has 3 unspecified atom stereocenters. The van der Waals surface area contributed by atoms with E-state index in [-0.39, 0.29) is 24.2 Å². The largest absolute Gasteiger partial charge is 0.365 e. The van der Waals surface area contributed by atoms with Gasteiger partial charge < -0.3 is 9.64 Å². The lowest BCUT2D eigenvalue weighted by Gasteiger charge is -2.25. The first-order valence-corrected chi connectivity index (χ1v) is 5.35. The van der Waals surface area contributed by atoms with Crippen molar-refractivity contribution in [3.63, 3.8) is 0 Å². The van der Waals surface area contributed by atoms with E-state index in [0.717, 1.165) is 12.8 Å². The van der Waals surface area contributed by atoms with E-state index in [9.17, 15) is 4.79 Å². The minimum absolute atomic E-state index is 0.00194. The van der Waals surface area contributed by atoms with Gasteiger partial charge in [0.25, 0.3) is 5.91 Å². The second-order valence-corrected chi connectivity index (χ2v) is 4.17. The van der Waals surface area contributed by atoms with Crippen LogP contribution in [0.5, 0.6) is 0 Å². The Morgan fingerprint density at radius 1 is 1.67 bits per heavy atom. The zero-order chi connectivity index (χ0) is 11.4. The van der Waals surface area contributed by atoms with Crippen LogP contribution in [0.25, 0.3) is 0 Å². The van der Waals surface area contributed by atoms with Crippen molar-refractivity contribution in [1.29, 1.82) is 5.26 Å². The van der Waals surface area contributed by atoms with Crippen molar-refractivity contribution in [1.82, 2.24) is 4.90 Å². The van der Waals surface area contributed by atoms with Crippen LogP contribution in [0, 0.1) is 11.3 Å². The first-order chi connectivity index (χ1) is 7.06. The molecule has 1 amide bonds. The fraction of sp³-hybridized carbons (Fsp3) is 0.818. The van der Waals surface area contributed by atoms with Gasteiger partial charge in [-0.15, -0.1) is 0 Å². The van der Waals surface area contributed by atoms with Crippen LogP contribution in [0.1, 0.15) is 33.1 Å². The van der Waals surface area contributed by atoms with Crippen LogP contribution in [-0.4, -0.2) is 36.1 Å². The molecule has 0 spiro atoms. The Hall–Kier alpha value is -1.08. The molecule has 1 heterocycles. The molecule has 0 aromatic rings. The normalized spacial score (nSPS) is 27.1. The number of carbonyl (C=O) groups is 1. The van der Waals surface area contributed by atoms with Crippen molar-refractivity contribution in [3.8, 4) is 6.07 Å². The van der Waals surface area contributed by atoms with E-state index in [1.807, 2.05) is 13.8 Å². The quantitative estimate of drug-likeness (QED) is 0.705. The molecule has 0 radical (unpaired) electrons. The second kappa shape index (κ2) is 5.13. The second-order valence-electron chi connectivity index (χ2n) is 4.17. The van der Waals surface area contributed by atoms with Gasteiger partial charge in [-0.3, -0.25) is 4.79 Å². The van der Waals surface area contributed by atoms with E-state index in [0.29, 0.717) is 6.42 Å². The molecule has 1 rings (SSSR count). The smallest absolute Gasteiger partial charge is 0.251 e. The van der Waals surface area contributed by atoms with Gasteiger partial charge in [0, 0.05) is 13.1 Å². The Labute approximate surface area is 90.8 Å². The standard InChI is InChI=1S/C11H18N2O2/c1-8(6-7-12)13(3)11(14)10-5-4-9(2)15-10/h8-10H,4-6H2,1-3H3. The average molecular weight is 210 g/mol. The third-order valence-electron chi connectivity index (χ3n) is 2.90. The van der Waals surface area contributed by atoms with Gasteiger partial charge in [-0.05, 0) is 26.7 Å². The summed E-state index contributed by atoms with van der Waals surface area (Å²) in [6.45, 7) is 3.85. The third-order valence-corrected chi connectivity index (χ3v) is 2.90. The monoisotopic (exact) mass is 210 g/mol. The molecule has 0 aromatic carbocycles. The summed E-state index contributed by atoms with van der Waals surface area (Å²) >= 11 is 0. The lowest BCUT2D eigenvalue weighted by molar-refractivity contribution is -0.143. The topological polar surface area (TPSA) is 53.3 Å². The van der Waals surface area contributed by atoms with Gasteiger partial charge in [-0.1, -0.05) is 0 Å². The van der Waals surface area contributed by atoms with Crippen molar-refractivity contribution in [3.05, 3.63) is 0 Å². The molecule has 3 atom stereocenters. The maximum absolute atomic E-state index is 11.9. The Balaban J connectivity index is 2.49. The van der Waals surface area contributed by atoms with Gasteiger partial charge >= 0.3 is 0 Å². The van der Waals surface area contributed by atoms with Gasteiger partial charge in [-0.2, -0.15) is 5.26 Å². The molecule has 1 aliphatic heterocycles. The predicted octanol–water partition coefficient (Wildman–Crippen LogP) is 1.31. The molecular weight excluding hydrogens is 192 g/mol. The first-order valence-electron chi connectivity index (χ1n) is 5.35. The third kappa shape index (κ3) is 2.93. The molecule has 0 bridgehead atoms. The molecule has 15 heavy (non-hydrogen) atoms. The minimum Gasteiger partial charge on any atom is -0.365 e. The molecule has 84 valence electrons. The van der Waals surface area contributed by atoms with E-state index in [4.69, 9.17) is 10.00 Å². The summed E-state index contributed by atoms with van der Waals surface area (Å²) in [6, 6.07) is 2.03. The van der Waals surface area contributed by atoms with Crippen LogP contribution in [0.15, 0.2) is 0 Å². The molecule has 1 fully saturated rings. The number of hydrogen-bond acceptors (Lipinski definition) is 3. The molecule has 0 saturated carbocycles. The molecule has 4 nitrogen and oxygen atoms in total. The van der Waals surface area contributed by atoms with E-state index >= 15 is 0 Å². The van der Waals surface area contributed by atoms with Crippen molar-refractivity contribution < 1.29 is 9.53 Å². The highest BCUT2D eigenvalue weighted by Gasteiger charge is 2.31. The Morgan fingerprint density at radius 3 is 2.80 bits per heavy atom. The van der Waals surface area contributed by atoms with Gasteiger partial charge in [0.05, 0.1) is 18.6 Å². The summed E-state index contributed by atoms with van der Waals surface area (Å²) < 4.78 is 5.50. The van der Waals surface area contributed by atoms with Gasteiger partial charge in [0.2, 0.25) is 0 Å². The summed E-state index contributed by atoms with van der Waals surface area (Å²) in [7, 11) is 1.73. The van der Waals surface area contributed by atoms with E-state index in [1.54, 1.807) is 11.9 Å². The molecule has 1 saturated heterocycles. The van der Waals surface area contributed by atoms with Crippen LogP contribution >= 0.6 is 0 Å². The van der Waals surface area contributed by atoms with Gasteiger partial charge in [-0.25, -0.2) is 0 Å². The number of rotatable bonds is 3.